The minimum atomic E-state index is -0.0898. The number of pyridine rings is 1. The summed E-state index contributed by atoms with van der Waals surface area (Å²) in [6.45, 7) is 12.4. The van der Waals surface area contributed by atoms with Crippen molar-refractivity contribution in [3.63, 3.8) is 0 Å². The van der Waals surface area contributed by atoms with Gasteiger partial charge in [0.05, 0.1) is 28.1 Å². The van der Waals surface area contributed by atoms with Crippen LogP contribution in [0.1, 0.15) is 46.1 Å². The van der Waals surface area contributed by atoms with Crippen molar-refractivity contribution in [3.05, 3.63) is 60.3 Å². The number of aryl methyl sites for hydroxylation is 1. The molecule has 4 rings (SSSR count). The standard InChI is InChI=1S/C21H21N5.C2H6/c1-13-6-5-7-16(24-13)19-18(25-20(26-19)21(2,3)4)14-8-9-15-17(12-14)23-11-10-22-15;1-2/h5-12H,1-4H3,(H,25,26);1-2H3. The highest BCUT2D eigenvalue weighted by atomic mass is 15.0. The molecule has 5 heteroatoms. The zero-order valence-corrected chi connectivity index (χ0v) is 17.4. The fourth-order valence-electron chi connectivity index (χ4n) is 2.92. The Kier molecular flexibility index (Phi) is 5.54. The molecule has 3 heterocycles. The van der Waals surface area contributed by atoms with E-state index < -0.39 is 0 Å². The molecule has 0 unspecified atom stereocenters. The Morgan fingerprint density at radius 3 is 2.25 bits per heavy atom. The average Bonchev–Trinajstić information content (AvgIpc) is 3.15. The first-order chi connectivity index (χ1) is 13.4. The van der Waals surface area contributed by atoms with Crippen molar-refractivity contribution in [1.29, 1.82) is 0 Å². The molecular formula is C23H27N5. The predicted octanol–water partition coefficient (Wildman–Crippen LogP) is 5.71. The Labute approximate surface area is 166 Å². The zero-order valence-electron chi connectivity index (χ0n) is 17.4. The molecule has 28 heavy (non-hydrogen) atoms. The van der Waals surface area contributed by atoms with Gasteiger partial charge < -0.3 is 4.98 Å². The normalized spacial score (nSPS) is 11.2. The molecule has 0 spiro atoms. The van der Waals surface area contributed by atoms with Crippen LogP contribution >= 0.6 is 0 Å². The van der Waals surface area contributed by atoms with Crippen molar-refractivity contribution < 1.29 is 0 Å². The highest BCUT2D eigenvalue weighted by Gasteiger charge is 2.23. The lowest BCUT2D eigenvalue weighted by Gasteiger charge is -2.14. The second-order valence-corrected chi connectivity index (χ2v) is 7.48. The zero-order chi connectivity index (χ0) is 20.3. The van der Waals surface area contributed by atoms with E-state index in [9.17, 15) is 0 Å². The summed E-state index contributed by atoms with van der Waals surface area (Å²) in [6.07, 6.45) is 3.41. The number of hydrogen-bond donors (Lipinski definition) is 1. The molecule has 0 saturated heterocycles. The van der Waals surface area contributed by atoms with Gasteiger partial charge in [-0.25, -0.2) is 4.98 Å². The first-order valence-electron chi connectivity index (χ1n) is 9.67. The summed E-state index contributed by atoms with van der Waals surface area (Å²) < 4.78 is 0. The van der Waals surface area contributed by atoms with Gasteiger partial charge in [-0.15, -0.1) is 0 Å². The van der Waals surface area contributed by atoms with Crippen LogP contribution in [-0.4, -0.2) is 24.9 Å². The summed E-state index contributed by atoms with van der Waals surface area (Å²) in [5.74, 6) is 0.935. The monoisotopic (exact) mass is 373 g/mol. The average molecular weight is 374 g/mol. The van der Waals surface area contributed by atoms with Crippen LogP contribution < -0.4 is 0 Å². The molecule has 144 valence electrons. The van der Waals surface area contributed by atoms with E-state index in [1.54, 1.807) is 12.4 Å². The minimum Gasteiger partial charge on any atom is -0.340 e. The number of hydrogen-bond acceptors (Lipinski definition) is 4. The molecule has 0 radical (unpaired) electrons. The van der Waals surface area contributed by atoms with Gasteiger partial charge in [-0.05, 0) is 31.2 Å². The van der Waals surface area contributed by atoms with Crippen LogP contribution in [0.3, 0.4) is 0 Å². The van der Waals surface area contributed by atoms with E-state index in [-0.39, 0.29) is 5.41 Å². The fourth-order valence-corrected chi connectivity index (χ4v) is 2.92. The van der Waals surface area contributed by atoms with Crippen LogP contribution in [0, 0.1) is 6.92 Å². The fraction of sp³-hybridized carbons (Fsp3) is 0.304. The summed E-state index contributed by atoms with van der Waals surface area (Å²) in [6, 6.07) is 12.1. The molecule has 4 aromatic rings. The van der Waals surface area contributed by atoms with Gasteiger partial charge in [0.25, 0.3) is 0 Å². The van der Waals surface area contributed by atoms with Crippen LogP contribution in [0.2, 0.25) is 0 Å². The number of nitrogens with one attached hydrogen (secondary N) is 1. The van der Waals surface area contributed by atoms with Gasteiger partial charge in [-0.1, -0.05) is 46.8 Å². The van der Waals surface area contributed by atoms with Crippen molar-refractivity contribution in [2.24, 2.45) is 0 Å². The maximum atomic E-state index is 4.92. The van der Waals surface area contributed by atoms with Gasteiger partial charge in [0, 0.05) is 29.1 Å². The number of H-pyrrole nitrogens is 1. The van der Waals surface area contributed by atoms with E-state index in [0.717, 1.165) is 45.2 Å². The van der Waals surface area contributed by atoms with Gasteiger partial charge in [0.15, 0.2) is 0 Å². The number of benzene rings is 1. The Morgan fingerprint density at radius 2 is 1.57 bits per heavy atom. The van der Waals surface area contributed by atoms with Crippen LogP contribution in [0.4, 0.5) is 0 Å². The van der Waals surface area contributed by atoms with Gasteiger partial charge in [0.2, 0.25) is 0 Å². The molecule has 3 aromatic heterocycles. The number of nitrogens with zero attached hydrogens (tertiary/aromatic N) is 4. The van der Waals surface area contributed by atoms with Crippen LogP contribution in [0.25, 0.3) is 33.7 Å². The highest BCUT2D eigenvalue weighted by Crippen LogP contribution is 2.33. The highest BCUT2D eigenvalue weighted by molar-refractivity contribution is 5.84. The van der Waals surface area contributed by atoms with Crippen LogP contribution in [0.15, 0.2) is 48.8 Å². The topological polar surface area (TPSA) is 67.3 Å². The molecule has 0 aliphatic rings. The minimum absolute atomic E-state index is 0.0898. The maximum Gasteiger partial charge on any atom is 0.112 e. The molecule has 0 fully saturated rings. The Bertz CT molecular complexity index is 1090. The third-order valence-electron chi connectivity index (χ3n) is 4.30. The third kappa shape index (κ3) is 3.93. The lowest BCUT2D eigenvalue weighted by atomic mass is 9.96. The molecule has 0 atom stereocenters. The third-order valence-corrected chi connectivity index (χ3v) is 4.30. The Hall–Kier alpha value is -3.08. The van der Waals surface area contributed by atoms with Crippen LogP contribution in [-0.2, 0) is 5.41 Å². The molecular weight excluding hydrogens is 346 g/mol. The Morgan fingerprint density at radius 1 is 0.857 bits per heavy atom. The van der Waals surface area contributed by atoms with Crippen molar-refractivity contribution in [2.75, 3.05) is 0 Å². The Balaban J connectivity index is 0.00000109. The molecule has 5 nitrogen and oxygen atoms in total. The predicted molar refractivity (Wildman–Crippen MR) is 115 cm³/mol. The number of fused-ring (bicyclic) bond motifs is 1. The SMILES string of the molecule is CC.Cc1cccc(-c2[nH]c(C(C)(C)C)nc2-c2ccc3nccnc3c2)n1. The van der Waals surface area contributed by atoms with Crippen molar-refractivity contribution >= 4 is 11.0 Å². The molecule has 0 saturated carbocycles. The quantitative estimate of drug-likeness (QED) is 0.488. The lowest BCUT2D eigenvalue weighted by Crippen LogP contribution is -2.13. The number of imidazole rings is 1. The van der Waals surface area contributed by atoms with Gasteiger partial charge in [-0.3, -0.25) is 15.0 Å². The van der Waals surface area contributed by atoms with E-state index in [2.05, 4.69) is 40.7 Å². The molecule has 1 N–H and O–H groups in total. The lowest BCUT2D eigenvalue weighted by molar-refractivity contribution is 0.553. The summed E-state index contributed by atoms with van der Waals surface area (Å²) in [7, 11) is 0. The van der Waals surface area contributed by atoms with Crippen molar-refractivity contribution in [3.8, 4) is 22.6 Å². The maximum absolute atomic E-state index is 4.92. The summed E-state index contributed by atoms with van der Waals surface area (Å²) in [4.78, 5) is 21.9. The van der Waals surface area contributed by atoms with Crippen molar-refractivity contribution in [2.45, 2.75) is 47.0 Å². The summed E-state index contributed by atoms with van der Waals surface area (Å²) in [5.41, 5.74) is 6.33. The van der Waals surface area contributed by atoms with Gasteiger partial charge in [0.1, 0.15) is 5.82 Å². The molecule has 1 aromatic carbocycles. The van der Waals surface area contributed by atoms with Gasteiger partial charge >= 0.3 is 0 Å². The first-order valence-corrected chi connectivity index (χ1v) is 9.67. The molecule has 0 aliphatic carbocycles. The van der Waals surface area contributed by atoms with Crippen LogP contribution in [0.5, 0.6) is 0 Å². The van der Waals surface area contributed by atoms with Crippen molar-refractivity contribution in [1.82, 2.24) is 24.9 Å². The number of aromatic amines is 1. The molecule has 0 bridgehead atoms. The van der Waals surface area contributed by atoms with E-state index in [4.69, 9.17) is 4.98 Å². The van der Waals surface area contributed by atoms with E-state index in [1.165, 1.54) is 0 Å². The largest absolute Gasteiger partial charge is 0.340 e. The van der Waals surface area contributed by atoms with E-state index in [1.807, 2.05) is 57.2 Å². The number of aromatic nitrogens is 5. The smallest absolute Gasteiger partial charge is 0.112 e. The van der Waals surface area contributed by atoms with E-state index >= 15 is 0 Å². The summed E-state index contributed by atoms with van der Waals surface area (Å²) in [5, 5.41) is 0. The molecule has 0 amide bonds. The van der Waals surface area contributed by atoms with Gasteiger partial charge in [-0.2, -0.15) is 0 Å². The summed E-state index contributed by atoms with van der Waals surface area (Å²) >= 11 is 0. The number of rotatable bonds is 2. The van der Waals surface area contributed by atoms with E-state index in [0.29, 0.717) is 0 Å². The molecule has 0 aliphatic heterocycles. The first kappa shape index (κ1) is 19.7. The second kappa shape index (κ2) is 7.89. The second-order valence-electron chi connectivity index (χ2n) is 7.48.